The first-order valence-corrected chi connectivity index (χ1v) is 5.26. The van der Waals surface area contributed by atoms with Gasteiger partial charge in [-0.15, -0.1) is 0 Å². The van der Waals surface area contributed by atoms with Crippen molar-refractivity contribution in [2.24, 2.45) is 0 Å². The van der Waals surface area contributed by atoms with Gasteiger partial charge >= 0.3 is 29.6 Å². The van der Waals surface area contributed by atoms with Gasteiger partial charge in [-0.3, -0.25) is 4.55 Å². The monoisotopic (exact) mass is 246 g/mol. The van der Waals surface area contributed by atoms with Crippen LogP contribution in [-0.4, -0.2) is 13.0 Å². The molecule has 1 N–H and O–H groups in total. The SMILES string of the molecule is CCc1c(F)ccc(F)c1S(=O)(=O)O.[H-].[Na+]. The minimum atomic E-state index is -4.71. The van der Waals surface area contributed by atoms with Gasteiger partial charge in [0.1, 0.15) is 16.5 Å². The number of halogens is 2. The average molecular weight is 246 g/mol. The van der Waals surface area contributed by atoms with E-state index in [1.54, 1.807) is 0 Å². The second-order valence-electron chi connectivity index (χ2n) is 2.67. The van der Waals surface area contributed by atoms with Crippen LogP contribution in [0.4, 0.5) is 8.78 Å². The Balaban J connectivity index is 0. The van der Waals surface area contributed by atoms with Crippen molar-refractivity contribution in [1.82, 2.24) is 0 Å². The van der Waals surface area contributed by atoms with E-state index in [0.29, 0.717) is 6.07 Å². The van der Waals surface area contributed by atoms with Gasteiger partial charge in [0.05, 0.1) is 0 Å². The van der Waals surface area contributed by atoms with Crippen LogP contribution in [0.1, 0.15) is 13.9 Å². The summed E-state index contributed by atoms with van der Waals surface area (Å²) in [6.07, 6.45) is -0.0152. The summed E-state index contributed by atoms with van der Waals surface area (Å²) in [4.78, 5) is -0.972. The predicted molar refractivity (Wildman–Crippen MR) is 46.7 cm³/mol. The first kappa shape index (κ1) is 15.0. The van der Waals surface area contributed by atoms with Crippen molar-refractivity contribution < 1.29 is 52.7 Å². The third-order valence-electron chi connectivity index (χ3n) is 1.77. The average Bonchev–Trinajstić information content (AvgIpc) is 2.06. The van der Waals surface area contributed by atoms with Crippen LogP contribution in [0.5, 0.6) is 0 Å². The molecule has 15 heavy (non-hydrogen) atoms. The molecule has 0 radical (unpaired) electrons. The summed E-state index contributed by atoms with van der Waals surface area (Å²) < 4.78 is 56.2. The molecule has 7 heteroatoms. The minimum absolute atomic E-state index is 0. The molecule has 0 aliphatic carbocycles. The van der Waals surface area contributed by atoms with E-state index in [9.17, 15) is 17.2 Å². The molecule has 0 unspecified atom stereocenters. The van der Waals surface area contributed by atoms with Crippen molar-refractivity contribution in [3.8, 4) is 0 Å². The van der Waals surface area contributed by atoms with Crippen molar-refractivity contribution >= 4 is 10.1 Å². The fraction of sp³-hybridized carbons (Fsp3) is 0.250. The van der Waals surface area contributed by atoms with Gasteiger partial charge in [-0.1, -0.05) is 6.92 Å². The second-order valence-corrected chi connectivity index (χ2v) is 4.02. The van der Waals surface area contributed by atoms with E-state index in [2.05, 4.69) is 0 Å². The van der Waals surface area contributed by atoms with Gasteiger partial charge in [-0.25, -0.2) is 8.78 Å². The number of hydrogen-bond acceptors (Lipinski definition) is 2. The number of rotatable bonds is 2. The zero-order valence-electron chi connectivity index (χ0n) is 9.29. The van der Waals surface area contributed by atoms with E-state index >= 15 is 0 Å². The maximum absolute atomic E-state index is 13.0. The van der Waals surface area contributed by atoms with Gasteiger partial charge in [0.15, 0.2) is 0 Å². The van der Waals surface area contributed by atoms with Crippen molar-refractivity contribution in [1.29, 1.82) is 0 Å². The molecule has 0 saturated heterocycles. The van der Waals surface area contributed by atoms with Gasteiger partial charge < -0.3 is 1.43 Å². The molecule has 0 saturated carbocycles. The molecule has 0 aliphatic heterocycles. The molecule has 80 valence electrons. The zero-order chi connectivity index (χ0) is 10.9. The Kier molecular flexibility index (Phi) is 5.35. The van der Waals surface area contributed by atoms with Crippen molar-refractivity contribution in [3.63, 3.8) is 0 Å². The Morgan fingerprint density at radius 1 is 1.33 bits per heavy atom. The Morgan fingerprint density at radius 2 is 1.80 bits per heavy atom. The molecule has 0 spiro atoms. The van der Waals surface area contributed by atoms with E-state index in [4.69, 9.17) is 4.55 Å². The third-order valence-corrected chi connectivity index (χ3v) is 2.72. The van der Waals surface area contributed by atoms with E-state index in [1.807, 2.05) is 0 Å². The van der Waals surface area contributed by atoms with E-state index in [0.717, 1.165) is 6.07 Å². The molecule has 0 atom stereocenters. The van der Waals surface area contributed by atoms with Crippen LogP contribution in [0.25, 0.3) is 0 Å². The molecule has 1 rings (SSSR count). The van der Waals surface area contributed by atoms with Crippen molar-refractivity contribution in [2.75, 3.05) is 0 Å². The Morgan fingerprint density at radius 3 is 2.13 bits per heavy atom. The van der Waals surface area contributed by atoms with E-state index in [1.165, 1.54) is 6.92 Å². The molecular weight excluding hydrogens is 237 g/mol. The Bertz CT molecular complexity index is 465. The van der Waals surface area contributed by atoms with Crippen LogP contribution in [0, 0.1) is 11.6 Å². The van der Waals surface area contributed by atoms with Gasteiger partial charge in [-0.05, 0) is 18.6 Å². The summed E-state index contributed by atoms with van der Waals surface area (Å²) in [5, 5.41) is 0. The van der Waals surface area contributed by atoms with Crippen molar-refractivity contribution in [3.05, 3.63) is 29.3 Å². The van der Waals surface area contributed by atoms with Crippen LogP contribution >= 0.6 is 0 Å². The summed E-state index contributed by atoms with van der Waals surface area (Å²) in [5.41, 5.74) is -0.340. The predicted octanol–water partition coefficient (Wildman–Crippen LogP) is -1.11. The maximum atomic E-state index is 13.0. The first-order valence-electron chi connectivity index (χ1n) is 3.82. The van der Waals surface area contributed by atoms with Crippen LogP contribution in [-0.2, 0) is 16.5 Å². The molecule has 1 aromatic rings. The summed E-state index contributed by atoms with van der Waals surface area (Å²) >= 11 is 0. The summed E-state index contributed by atoms with van der Waals surface area (Å²) in [6.45, 7) is 1.46. The van der Waals surface area contributed by atoms with Crippen LogP contribution in [0.2, 0.25) is 0 Å². The Labute approximate surface area is 110 Å². The van der Waals surface area contributed by atoms with Gasteiger partial charge in [0.2, 0.25) is 0 Å². The smallest absolute Gasteiger partial charge is 1.00 e. The van der Waals surface area contributed by atoms with E-state index in [-0.39, 0.29) is 43.0 Å². The molecule has 1 aromatic carbocycles. The molecule has 0 heterocycles. The van der Waals surface area contributed by atoms with Crippen LogP contribution < -0.4 is 29.6 Å². The van der Waals surface area contributed by atoms with Gasteiger partial charge in [0, 0.05) is 5.56 Å². The van der Waals surface area contributed by atoms with Crippen LogP contribution in [0.3, 0.4) is 0 Å². The summed E-state index contributed by atoms with van der Waals surface area (Å²) in [7, 11) is -4.71. The molecule has 3 nitrogen and oxygen atoms in total. The molecule has 0 aliphatic rings. The molecule has 0 amide bonds. The molecule has 0 fully saturated rings. The van der Waals surface area contributed by atoms with Crippen LogP contribution in [0.15, 0.2) is 17.0 Å². The normalized spacial score (nSPS) is 10.9. The molecule has 0 bridgehead atoms. The fourth-order valence-corrected chi connectivity index (χ4v) is 2.05. The fourth-order valence-electron chi connectivity index (χ4n) is 1.18. The largest absolute Gasteiger partial charge is 1.00 e. The first-order chi connectivity index (χ1) is 6.38. The van der Waals surface area contributed by atoms with Gasteiger partial charge in [0.25, 0.3) is 10.1 Å². The number of benzene rings is 1. The molecule has 0 aromatic heterocycles. The maximum Gasteiger partial charge on any atom is 1.00 e. The standard InChI is InChI=1S/C8H8F2O3S.Na.H/c1-2-5-6(9)3-4-7(10)8(5)14(11,12)13;;/h3-4H,2H2,1H3,(H,11,12,13);;/q;+1;-1. The van der Waals surface area contributed by atoms with Crippen molar-refractivity contribution in [2.45, 2.75) is 18.2 Å². The minimum Gasteiger partial charge on any atom is -1.00 e. The summed E-state index contributed by atoms with van der Waals surface area (Å²) in [6, 6.07) is 1.49. The molecular formula is C8H9F2NaO3S. The van der Waals surface area contributed by atoms with E-state index < -0.39 is 26.6 Å². The quantitative estimate of drug-likeness (QED) is 0.532. The third kappa shape index (κ3) is 3.22. The Hall–Kier alpha value is -0.0100. The topological polar surface area (TPSA) is 54.4 Å². The number of hydrogen-bond donors (Lipinski definition) is 1. The second kappa shape index (κ2) is 5.36. The van der Waals surface area contributed by atoms with Gasteiger partial charge in [-0.2, -0.15) is 8.42 Å². The summed E-state index contributed by atoms with van der Waals surface area (Å²) in [5.74, 6) is -1.99. The zero-order valence-corrected chi connectivity index (χ0v) is 11.1.